The number of primary amides is 1. The summed E-state index contributed by atoms with van der Waals surface area (Å²) in [5.41, 5.74) is 6.18. The fourth-order valence-corrected chi connectivity index (χ4v) is 3.20. The number of primary sulfonamides is 1. The molecule has 1 aromatic heterocycles. The van der Waals surface area contributed by atoms with Gasteiger partial charge >= 0.3 is 0 Å². The summed E-state index contributed by atoms with van der Waals surface area (Å²) in [5, 5.41) is 10.8. The first-order valence-electron chi connectivity index (χ1n) is 9.34. The molecule has 168 valence electrons. The van der Waals surface area contributed by atoms with Gasteiger partial charge in [0.15, 0.2) is 11.6 Å². The van der Waals surface area contributed by atoms with E-state index in [1.54, 1.807) is 31.2 Å². The molecule has 0 bridgehead atoms. The molecule has 1 atom stereocenters. The van der Waals surface area contributed by atoms with E-state index in [1.165, 1.54) is 24.3 Å². The Morgan fingerprint density at radius 3 is 2.28 bits per heavy atom. The summed E-state index contributed by atoms with van der Waals surface area (Å²) in [6, 6.07) is 12.3. The SMILES string of the molecule is CC(CC(N)=O)Oc1ccc(Nc2nc(Nc3ccc(S(N)(=O)=O)cc3)ncc2F)cc1. The highest BCUT2D eigenvalue weighted by molar-refractivity contribution is 7.89. The van der Waals surface area contributed by atoms with E-state index in [0.29, 0.717) is 17.1 Å². The smallest absolute Gasteiger partial charge is 0.238 e. The van der Waals surface area contributed by atoms with Crippen LogP contribution in [0.1, 0.15) is 13.3 Å². The number of sulfonamides is 1. The maximum Gasteiger partial charge on any atom is 0.238 e. The molecule has 0 fully saturated rings. The Bertz CT molecular complexity index is 1200. The Labute approximate surface area is 183 Å². The molecule has 6 N–H and O–H groups in total. The Morgan fingerprint density at radius 1 is 1.09 bits per heavy atom. The number of anilines is 4. The standard InChI is InChI=1S/C20H21FN6O4S/c1-12(10-18(22)28)31-15-6-2-13(3-7-15)25-19-17(21)11-24-20(27-19)26-14-4-8-16(9-5-14)32(23,29)30/h2-9,11-12H,10H2,1H3,(H2,22,28)(H2,23,29,30)(H2,24,25,26,27). The van der Waals surface area contributed by atoms with E-state index in [4.69, 9.17) is 15.6 Å². The highest BCUT2D eigenvalue weighted by Crippen LogP contribution is 2.23. The average Bonchev–Trinajstić information content (AvgIpc) is 2.71. The maximum atomic E-state index is 14.2. The topological polar surface area (TPSA) is 162 Å². The normalized spacial score (nSPS) is 12.1. The number of hydrogen-bond acceptors (Lipinski definition) is 8. The number of halogens is 1. The summed E-state index contributed by atoms with van der Waals surface area (Å²) in [4.78, 5) is 18.9. The summed E-state index contributed by atoms with van der Waals surface area (Å²) in [6.45, 7) is 1.73. The molecule has 0 radical (unpaired) electrons. The molecule has 0 saturated heterocycles. The number of amides is 1. The first-order valence-corrected chi connectivity index (χ1v) is 10.9. The molecule has 1 amide bonds. The minimum Gasteiger partial charge on any atom is -0.490 e. The average molecular weight is 460 g/mol. The third kappa shape index (κ3) is 6.36. The number of carbonyl (C=O) groups is 1. The number of carbonyl (C=O) groups excluding carboxylic acids is 1. The van der Waals surface area contributed by atoms with Gasteiger partial charge in [0, 0.05) is 11.4 Å². The number of nitrogens with two attached hydrogens (primary N) is 2. The number of nitrogens with zero attached hydrogens (tertiary/aromatic N) is 2. The van der Waals surface area contributed by atoms with Crippen LogP contribution in [0.5, 0.6) is 5.75 Å². The lowest BCUT2D eigenvalue weighted by Crippen LogP contribution is -2.22. The van der Waals surface area contributed by atoms with Crippen LogP contribution in [0, 0.1) is 5.82 Å². The Balaban J connectivity index is 1.69. The largest absolute Gasteiger partial charge is 0.490 e. The van der Waals surface area contributed by atoms with Gasteiger partial charge in [0.25, 0.3) is 0 Å². The van der Waals surface area contributed by atoms with Gasteiger partial charge in [-0.25, -0.2) is 22.9 Å². The third-order valence-corrected chi connectivity index (χ3v) is 5.06. The molecule has 32 heavy (non-hydrogen) atoms. The number of rotatable bonds is 9. The zero-order valence-electron chi connectivity index (χ0n) is 16.9. The molecule has 0 aliphatic rings. The van der Waals surface area contributed by atoms with Gasteiger partial charge in [-0.15, -0.1) is 0 Å². The van der Waals surface area contributed by atoms with Gasteiger partial charge in [0.2, 0.25) is 21.9 Å². The number of nitrogens with one attached hydrogen (secondary N) is 2. The lowest BCUT2D eigenvalue weighted by Gasteiger charge is -2.14. The summed E-state index contributed by atoms with van der Waals surface area (Å²) in [6.07, 6.45) is 0.713. The zero-order valence-corrected chi connectivity index (χ0v) is 17.8. The van der Waals surface area contributed by atoms with Crippen molar-refractivity contribution in [2.45, 2.75) is 24.3 Å². The van der Waals surface area contributed by atoms with Gasteiger partial charge in [-0.1, -0.05) is 0 Å². The lowest BCUT2D eigenvalue weighted by molar-refractivity contribution is -0.119. The van der Waals surface area contributed by atoms with E-state index >= 15 is 0 Å². The monoisotopic (exact) mass is 460 g/mol. The van der Waals surface area contributed by atoms with Crippen LogP contribution >= 0.6 is 0 Å². The van der Waals surface area contributed by atoms with Crippen molar-refractivity contribution in [3.8, 4) is 5.75 Å². The highest BCUT2D eigenvalue weighted by Gasteiger charge is 2.11. The molecule has 3 aromatic rings. The Hall–Kier alpha value is -3.77. The van der Waals surface area contributed by atoms with Crippen LogP contribution in [-0.4, -0.2) is 30.4 Å². The van der Waals surface area contributed by atoms with E-state index in [1.807, 2.05) is 0 Å². The molecule has 0 aliphatic carbocycles. The summed E-state index contributed by atoms with van der Waals surface area (Å²) in [7, 11) is -3.80. The fourth-order valence-electron chi connectivity index (χ4n) is 2.68. The third-order valence-electron chi connectivity index (χ3n) is 4.13. The molecule has 0 saturated carbocycles. The van der Waals surface area contributed by atoms with E-state index in [-0.39, 0.29) is 29.2 Å². The summed E-state index contributed by atoms with van der Waals surface area (Å²) >= 11 is 0. The second-order valence-electron chi connectivity index (χ2n) is 6.83. The molecule has 12 heteroatoms. The van der Waals surface area contributed by atoms with Crippen LogP contribution in [0.25, 0.3) is 0 Å². The maximum absolute atomic E-state index is 14.2. The summed E-state index contributed by atoms with van der Waals surface area (Å²) in [5.74, 6) is -0.579. The van der Waals surface area contributed by atoms with E-state index in [9.17, 15) is 17.6 Å². The van der Waals surface area contributed by atoms with Gasteiger partial charge in [-0.05, 0) is 55.5 Å². The Kier molecular flexibility index (Phi) is 6.85. The molecule has 10 nitrogen and oxygen atoms in total. The number of benzene rings is 2. The second kappa shape index (κ2) is 9.58. The first kappa shape index (κ1) is 22.9. The molecule has 1 heterocycles. The van der Waals surface area contributed by atoms with E-state index in [0.717, 1.165) is 6.20 Å². The predicted molar refractivity (Wildman–Crippen MR) is 117 cm³/mol. The number of hydrogen-bond donors (Lipinski definition) is 4. The van der Waals surface area contributed by atoms with Gasteiger partial charge in [0.05, 0.1) is 17.5 Å². The first-order chi connectivity index (χ1) is 15.1. The van der Waals surface area contributed by atoms with Crippen LogP contribution < -0.4 is 26.2 Å². The van der Waals surface area contributed by atoms with E-state index in [2.05, 4.69) is 20.6 Å². The van der Waals surface area contributed by atoms with Crippen molar-refractivity contribution in [1.29, 1.82) is 0 Å². The van der Waals surface area contributed by atoms with Crippen molar-refractivity contribution < 1.29 is 22.3 Å². The van der Waals surface area contributed by atoms with Crippen LogP contribution in [0.2, 0.25) is 0 Å². The van der Waals surface area contributed by atoms with Gasteiger partial charge in [0.1, 0.15) is 11.9 Å². The van der Waals surface area contributed by atoms with Crippen molar-refractivity contribution in [3.05, 3.63) is 60.5 Å². The van der Waals surface area contributed by atoms with Crippen molar-refractivity contribution in [3.63, 3.8) is 0 Å². The van der Waals surface area contributed by atoms with Crippen molar-refractivity contribution in [2.75, 3.05) is 10.6 Å². The van der Waals surface area contributed by atoms with Gasteiger partial charge in [-0.2, -0.15) is 4.98 Å². The fraction of sp³-hybridized carbons (Fsp3) is 0.150. The van der Waals surface area contributed by atoms with Gasteiger partial charge < -0.3 is 21.1 Å². The summed E-state index contributed by atoms with van der Waals surface area (Å²) < 4.78 is 42.4. The van der Waals surface area contributed by atoms with Crippen LogP contribution in [0.4, 0.5) is 27.5 Å². The van der Waals surface area contributed by atoms with Crippen molar-refractivity contribution in [2.24, 2.45) is 10.9 Å². The van der Waals surface area contributed by atoms with Crippen LogP contribution in [-0.2, 0) is 14.8 Å². The minimum atomic E-state index is -3.80. The second-order valence-corrected chi connectivity index (χ2v) is 8.39. The molecular formula is C20H21FN6O4S. The molecule has 2 aromatic carbocycles. The quantitative estimate of drug-likeness (QED) is 0.378. The molecular weight excluding hydrogens is 439 g/mol. The zero-order chi connectivity index (χ0) is 23.3. The van der Waals surface area contributed by atoms with Gasteiger partial charge in [-0.3, -0.25) is 4.79 Å². The Morgan fingerprint density at radius 2 is 1.69 bits per heavy atom. The van der Waals surface area contributed by atoms with Crippen molar-refractivity contribution >= 4 is 39.1 Å². The molecule has 0 spiro atoms. The minimum absolute atomic E-state index is 0.0399. The molecule has 1 unspecified atom stereocenters. The lowest BCUT2D eigenvalue weighted by atomic mass is 10.2. The van der Waals surface area contributed by atoms with Crippen LogP contribution in [0.3, 0.4) is 0 Å². The molecule has 0 aliphatic heterocycles. The molecule has 3 rings (SSSR count). The number of aromatic nitrogens is 2. The van der Waals surface area contributed by atoms with E-state index < -0.39 is 21.7 Å². The number of ether oxygens (including phenoxy) is 1. The van der Waals surface area contributed by atoms with Crippen LogP contribution in [0.15, 0.2) is 59.6 Å². The predicted octanol–water partition coefficient (Wildman–Crippen LogP) is 2.39. The van der Waals surface area contributed by atoms with Crippen molar-refractivity contribution in [1.82, 2.24) is 9.97 Å². The highest BCUT2D eigenvalue weighted by atomic mass is 32.2.